The highest BCUT2D eigenvalue weighted by Crippen LogP contribution is 2.62. The second kappa shape index (κ2) is 3.54. The molecular weight excluding hydrogens is 224 g/mol. The molecule has 0 bridgehead atoms. The van der Waals surface area contributed by atoms with Crippen molar-refractivity contribution in [3.8, 4) is 0 Å². The first kappa shape index (κ1) is 10.7. The van der Waals surface area contributed by atoms with Crippen LogP contribution in [0.1, 0.15) is 25.5 Å². The third kappa shape index (κ3) is 1.64. The minimum absolute atomic E-state index is 0.0184. The summed E-state index contributed by atoms with van der Waals surface area (Å²) in [4.78, 5) is 24.9. The lowest BCUT2D eigenvalue weighted by Gasteiger charge is -2.19. The lowest BCUT2D eigenvalue weighted by Crippen LogP contribution is -2.34. The zero-order valence-corrected chi connectivity index (χ0v) is 9.26. The van der Waals surface area contributed by atoms with Gasteiger partial charge in [-0.25, -0.2) is 4.79 Å². The first-order valence-electron chi connectivity index (χ1n) is 5.72. The molecule has 1 spiro atoms. The van der Waals surface area contributed by atoms with Gasteiger partial charge in [0.2, 0.25) is 0 Å². The molecule has 0 radical (unpaired) electrons. The molecule has 1 aromatic rings. The summed E-state index contributed by atoms with van der Waals surface area (Å²) < 4.78 is 7.11. The van der Waals surface area contributed by atoms with Crippen LogP contribution in [0.2, 0.25) is 0 Å². The molecule has 1 saturated heterocycles. The van der Waals surface area contributed by atoms with Crippen LogP contribution in [-0.2, 0) is 4.74 Å². The van der Waals surface area contributed by atoms with Crippen LogP contribution in [0.25, 0.3) is 0 Å². The fraction of sp³-hybridized carbons (Fsp3) is 0.636. The Morgan fingerprint density at radius 3 is 2.88 bits per heavy atom. The van der Waals surface area contributed by atoms with E-state index in [9.17, 15) is 9.59 Å². The van der Waals surface area contributed by atoms with E-state index in [0.717, 1.165) is 19.3 Å². The van der Waals surface area contributed by atoms with Crippen LogP contribution in [-0.4, -0.2) is 27.4 Å². The molecule has 0 amide bonds. The van der Waals surface area contributed by atoms with Crippen molar-refractivity contribution >= 4 is 0 Å². The molecule has 2 atom stereocenters. The normalized spacial score (nSPS) is 29.7. The average Bonchev–Trinajstić information content (AvgIpc) is 2.95. The molecule has 92 valence electrons. The van der Waals surface area contributed by atoms with Gasteiger partial charge in [0.1, 0.15) is 6.23 Å². The van der Waals surface area contributed by atoms with Crippen molar-refractivity contribution in [2.24, 2.45) is 5.41 Å². The molecule has 6 nitrogen and oxygen atoms in total. The summed E-state index contributed by atoms with van der Waals surface area (Å²) in [5.74, 6) is 0. The third-order valence-electron chi connectivity index (χ3n) is 3.68. The van der Waals surface area contributed by atoms with E-state index in [0.29, 0.717) is 0 Å². The summed E-state index contributed by atoms with van der Waals surface area (Å²) in [6.07, 6.45) is 3.68. The van der Waals surface area contributed by atoms with E-state index in [2.05, 4.69) is 4.98 Å². The maximum Gasteiger partial charge on any atom is 0.330 e. The number of nitrogens with one attached hydrogen (secondary N) is 1. The molecule has 2 heterocycles. The van der Waals surface area contributed by atoms with Crippen LogP contribution < -0.4 is 11.2 Å². The minimum Gasteiger partial charge on any atom is -0.394 e. The van der Waals surface area contributed by atoms with Crippen LogP contribution in [0.3, 0.4) is 0 Å². The van der Waals surface area contributed by atoms with E-state index in [-0.39, 0.29) is 24.4 Å². The summed E-state index contributed by atoms with van der Waals surface area (Å²) >= 11 is 0. The third-order valence-corrected chi connectivity index (χ3v) is 3.68. The Morgan fingerprint density at radius 1 is 1.53 bits per heavy atom. The van der Waals surface area contributed by atoms with Crippen molar-refractivity contribution in [1.29, 1.82) is 0 Å². The van der Waals surface area contributed by atoms with Gasteiger partial charge in [0, 0.05) is 17.7 Å². The molecule has 1 unspecified atom stereocenters. The van der Waals surface area contributed by atoms with Gasteiger partial charge in [-0.1, -0.05) is 0 Å². The molecule has 3 rings (SSSR count). The Kier molecular flexibility index (Phi) is 2.24. The van der Waals surface area contributed by atoms with Gasteiger partial charge in [-0.05, 0) is 19.3 Å². The fourth-order valence-corrected chi connectivity index (χ4v) is 2.62. The maximum atomic E-state index is 11.7. The molecule has 1 aliphatic carbocycles. The number of hydrogen-bond acceptors (Lipinski definition) is 4. The van der Waals surface area contributed by atoms with Crippen molar-refractivity contribution in [1.82, 2.24) is 9.55 Å². The highest BCUT2D eigenvalue weighted by Gasteiger charge is 2.57. The van der Waals surface area contributed by atoms with E-state index in [4.69, 9.17) is 9.84 Å². The number of aromatic nitrogens is 2. The quantitative estimate of drug-likeness (QED) is 0.734. The number of aliphatic hydroxyl groups excluding tert-OH is 1. The first-order valence-corrected chi connectivity index (χ1v) is 5.72. The highest BCUT2D eigenvalue weighted by molar-refractivity contribution is 5.04. The van der Waals surface area contributed by atoms with E-state index >= 15 is 0 Å². The summed E-state index contributed by atoms with van der Waals surface area (Å²) in [5, 5.41) is 9.13. The molecule has 2 fully saturated rings. The molecule has 1 saturated carbocycles. The van der Waals surface area contributed by atoms with Crippen LogP contribution in [0.5, 0.6) is 0 Å². The molecular formula is C11H14N2O4. The van der Waals surface area contributed by atoms with Crippen molar-refractivity contribution in [3.63, 3.8) is 0 Å². The molecule has 2 N–H and O–H groups in total. The number of ether oxygens (including phenoxy) is 1. The lowest BCUT2D eigenvalue weighted by atomic mass is 10.0. The predicted octanol–water partition coefficient (Wildman–Crippen LogP) is -0.403. The van der Waals surface area contributed by atoms with Crippen LogP contribution in [0.15, 0.2) is 21.9 Å². The predicted molar refractivity (Wildman–Crippen MR) is 58.6 cm³/mol. The van der Waals surface area contributed by atoms with Crippen LogP contribution >= 0.6 is 0 Å². The highest BCUT2D eigenvalue weighted by atomic mass is 16.5. The van der Waals surface area contributed by atoms with Gasteiger partial charge in [-0.3, -0.25) is 14.3 Å². The van der Waals surface area contributed by atoms with Gasteiger partial charge in [0.05, 0.1) is 12.7 Å². The zero-order valence-electron chi connectivity index (χ0n) is 9.26. The number of nitrogens with zero attached hydrogens (tertiary/aromatic N) is 1. The van der Waals surface area contributed by atoms with Gasteiger partial charge in [0.25, 0.3) is 5.56 Å². The zero-order chi connectivity index (χ0) is 12.0. The lowest BCUT2D eigenvalue weighted by molar-refractivity contribution is -0.0390. The number of aromatic amines is 1. The number of rotatable bonds is 2. The molecule has 17 heavy (non-hydrogen) atoms. The summed E-state index contributed by atoms with van der Waals surface area (Å²) in [6.45, 7) is -0.0314. The van der Waals surface area contributed by atoms with E-state index in [1.807, 2.05) is 0 Å². The van der Waals surface area contributed by atoms with Crippen LogP contribution in [0, 0.1) is 5.41 Å². The van der Waals surface area contributed by atoms with Gasteiger partial charge in [-0.2, -0.15) is 0 Å². The van der Waals surface area contributed by atoms with Gasteiger partial charge in [0.15, 0.2) is 0 Å². The first-order chi connectivity index (χ1) is 8.14. The summed E-state index contributed by atoms with van der Waals surface area (Å²) in [6, 6.07) is 1.31. The maximum absolute atomic E-state index is 11.7. The molecule has 1 aliphatic heterocycles. The Hall–Kier alpha value is -1.40. The van der Waals surface area contributed by atoms with E-state index < -0.39 is 11.2 Å². The number of aliphatic hydroxyl groups is 1. The Morgan fingerprint density at radius 2 is 2.29 bits per heavy atom. The monoisotopic (exact) mass is 238 g/mol. The molecule has 6 heteroatoms. The summed E-state index contributed by atoms with van der Waals surface area (Å²) in [5.41, 5.74) is -0.879. The Labute approximate surface area is 96.9 Å². The van der Waals surface area contributed by atoms with Crippen molar-refractivity contribution < 1.29 is 9.84 Å². The Balaban J connectivity index is 1.99. The van der Waals surface area contributed by atoms with Crippen molar-refractivity contribution in [3.05, 3.63) is 33.1 Å². The minimum atomic E-state index is -0.452. The average molecular weight is 238 g/mol. The number of H-pyrrole nitrogens is 1. The molecule has 2 aliphatic rings. The smallest absolute Gasteiger partial charge is 0.330 e. The van der Waals surface area contributed by atoms with Gasteiger partial charge in [-0.15, -0.1) is 0 Å². The van der Waals surface area contributed by atoms with Gasteiger partial charge < -0.3 is 9.84 Å². The standard InChI is InChI=1S/C11H14N2O4/c14-6-7-5-11(2-3-11)9(17-7)13-4-1-8(15)12-10(13)16/h1,4,7,9,14H,2-3,5-6H2,(H,12,15,16)/t7?,9-/m1/s1. The van der Waals surface area contributed by atoms with Crippen molar-refractivity contribution in [2.45, 2.75) is 31.6 Å². The SMILES string of the molecule is O=c1ccn([C@@H]2OC(CO)CC23CC3)c(=O)[nH]1. The topological polar surface area (TPSA) is 84.3 Å². The number of hydrogen-bond donors (Lipinski definition) is 2. The molecule has 1 aromatic heterocycles. The molecule has 0 aromatic carbocycles. The Bertz CT molecular complexity index is 543. The van der Waals surface area contributed by atoms with E-state index in [1.165, 1.54) is 16.8 Å². The van der Waals surface area contributed by atoms with E-state index in [1.54, 1.807) is 0 Å². The second-order valence-electron chi connectivity index (χ2n) is 4.88. The van der Waals surface area contributed by atoms with Crippen molar-refractivity contribution in [2.75, 3.05) is 6.61 Å². The fourth-order valence-electron chi connectivity index (χ4n) is 2.62. The largest absolute Gasteiger partial charge is 0.394 e. The van der Waals surface area contributed by atoms with Gasteiger partial charge >= 0.3 is 5.69 Å². The second-order valence-corrected chi connectivity index (χ2v) is 4.88. The van der Waals surface area contributed by atoms with Crippen LogP contribution in [0.4, 0.5) is 0 Å². The summed E-state index contributed by atoms with van der Waals surface area (Å²) in [7, 11) is 0.